The number of hydrogen-bond donors (Lipinski definition) is 1. The van der Waals surface area contributed by atoms with E-state index in [1.165, 1.54) is 20.2 Å². The minimum Gasteiger partial charge on any atom is -0.355 e. The molecule has 3 aromatic rings. The number of anilines is 1. The highest BCUT2D eigenvalue weighted by molar-refractivity contribution is 5.75. The highest BCUT2D eigenvalue weighted by Crippen LogP contribution is 2.23. The van der Waals surface area contributed by atoms with Gasteiger partial charge in [-0.2, -0.15) is 0 Å². The normalized spacial score (nSPS) is 13.6. The maximum Gasteiger partial charge on any atom is 0.353 e. The lowest BCUT2D eigenvalue weighted by molar-refractivity contribution is -0.121. The first-order chi connectivity index (χ1) is 13.6. The molecule has 146 valence electrons. The number of hydrogen-bond acceptors (Lipinski definition) is 5. The summed E-state index contributed by atoms with van der Waals surface area (Å²) in [4.78, 5) is 31.8. The Bertz CT molecular complexity index is 1080. The molecule has 8 heteroatoms. The third-order valence-corrected chi connectivity index (χ3v) is 4.96. The predicted molar refractivity (Wildman–Crippen MR) is 106 cm³/mol. The zero-order chi connectivity index (χ0) is 19.7. The Morgan fingerprint density at radius 2 is 2.04 bits per heavy atom. The fraction of sp³-hybridized carbons (Fsp3) is 0.400. The number of aryl methyl sites for hydroxylation is 1. The van der Waals surface area contributed by atoms with Gasteiger partial charge in [0.25, 0.3) is 0 Å². The van der Waals surface area contributed by atoms with Gasteiger partial charge in [0.15, 0.2) is 5.65 Å². The van der Waals surface area contributed by atoms with Crippen LogP contribution in [0.1, 0.15) is 30.2 Å². The minimum atomic E-state index is -0.344. The summed E-state index contributed by atoms with van der Waals surface area (Å²) in [7, 11) is 0. The Balaban J connectivity index is 1.71. The van der Waals surface area contributed by atoms with Gasteiger partial charge < -0.3 is 10.2 Å². The van der Waals surface area contributed by atoms with Gasteiger partial charge in [-0.15, -0.1) is 5.10 Å². The summed E-state index contributed by atoms with van der Waals surface area (Å²) >= 11 is 0. The maximum absolute atomic E-state index is 13.0. The van der Waals surface area contributed by atoms with Crippen molar-refractivity contribution in [1.82, 2.24) is 24.5 Å². The standard InChI is InChI=1S/C20H24N6O2/c1-3-9-21-18(27)13-25-20(28)26-17(23-25)11-14(2)22-19(26)24-10-8-15-6-4-5-7-16(15)12-24/h4-7,11H,3,8-10,12-13H2,1-2H3,(H,21,27). The predicted octanol–water partition coefficient (Wildman–Crippen LogP) is 1.29. The fourth-order valence-corrected chi connectivity index (χ4v) is 3.57. The van der Waals surface area contributed by atoms with Crippen LogP contribution in [0.15, 0.2) is 35.1 Å². The first-order valence-electron chi connectivity index (χ1n) is 9.62. The number of carbonyl (C=O) groups excluding carboxylic acids is 1. The van der Waals surface area contributed by atoms with Gasteiger partial charge in [0.1, 0.15) is 6.54 Å². The first kappa shape index (κ1) is 18.2. The van der Waals surface area contributed by atoms with E-state index in [0.29, 0.717) is 24.7 Å². The van der Waals surface area contributed by atoms with Crippen LogP contribution in [0.25, 0.3) is 5.65 Å². The van der Waals surface area contributed by atoms with E-state index < -0.39 is 0 Å². The van der Waals surface area contributed by atoms with Crippen molar-refractivity contribution in [2.75, 3.05) is 18.0 Å². The van der Waals surface area contributed by atoms with Gasteiger partial charge in [0.05, 0.1) is 0 Å². The van der Waals surface area contributed by atoms with E-state index in [1.54, 1.807) is 6.07 Å². The van der Waals surface area contributed by atoms with E-state index in [-0.39, 0.29) is 18.1 Å². The molecule has 0 saturated carbocycles. The summed E-state index contributed by atoms with van der Waals surface area (Å²) in [5.74, 6) is 0.361. The molecule has 0 radical (unpaired) electrons. The van der Waals surface area contributed by atoms with E-state index in [4.69, 9.17) is 0 Å². The molecule has 0 saturated heterocycles. The Morgan fingerprint density at radius 3 is 2.82 bits per heavy atom. The van der Waals surface area contributed by atoms with E-state index in [0.717, 1.165) is 25.1 Å². The molecule has 1 aliphatic rings. The number of rotatable bonds is 5. The van der Waals surface area contributed by atoms with E-state index in [2.05, 4.69) is 38.5 Å². The maximum atomic E-state index is 13.0. The zero-order valence-corrected chi connectivity index (χ0v) is 16.2. The Kier molecular flexibility index (Phi) is 4.85. The highest BCUT2D eigenvalue weighted by Gasteiger charge is 2.22. The largest absolute Gasteiger partial charge is 0.355 e. The molecular formula is C20H24N6O2. The zero-order valence-electron chi connectivity index (χ0n) is 16.2. The molecule has 1 N–H and O–H groups in total. The van der Waals surface area contributed by atoms with Crippen molar-refractivity contribution < 1.29 is 4.79 Å². The van der Waals surface area contributed by atoms with Crippen molar-refractivity contribution in [1.29, 1.82) is 0 Å². The molecule has 0 atom stereocenters. The average molecular weight is 380 g/mol. The van der Waals surface area contributed by atoms with Crippen LogP contribution in [0.2, 0.25) is 0 Å². The van der Waals surface area contributed by atoms with Gasteiger partial charge in [-0.25, -0.2) is 18.9 Å². The van der Waals surface area contributed by atoms with E-state index >= 15 is 0 Å². The van der Waals surface area contributed by atoms with Crippen molar-refractivity contribution in [3.05, 3.63) is 57.6 Å². The van der Waals surface area contributed by atoms with Crippen molar-refractivity contribution in [3.8, 4) is 0 Å². The van der Waals surface area contributed by atoms with Crippen LogP contribution in [0, 0.1) is 6.92 Å². The number of nitrogens with zero attached hydrogens (tertiary/aromatic N) is 5. The molecule has 0 unspecified atom stereocenters. The Labute approximate surface area is 162 Å². The highest BCUT2D eigenvalue weighted by atomic mass is 16.2. The number of benzene rings is 1. The SMILES string of the molecule is CCCNC(=O)Cn1nc2cc(C)nc(N3CCc4ccccc4C3)n2c1=O. The summed E-state index contributed by atoms with van der Waals surface area (Å²) < 4.78 is 2.72. The number of amides is 1. The second kappa shape index (κ2) is 7.46. The molecule has 0 bridgehead atoms. The molecule has 0 aliphatic carbocycles. The van der Waals surface area contributed by atoms with Crippen LogP contribution in [0.4, 0.5) is 5.95 Å². The minimum absolute atomic E-state index is 0.0954. The molecule has 1 aromatic carbocycles. The van der Waals surface area contributed by atoms with Gasteiger partial charge >= 0.3 is 5.69 Å². The van der Waals surface area contributed by atoms with Crippen molar-refractivity contribution in [2.45, 2.75) is 39.8 Å². The summed E-state index contributed by atoms with van der Waals surface area (Å²) in [6.45, 7) is 5.82. The summed E-state index contributed by atoms with van der Waals surface area (Å²) in [5, 5.41) is 7.14. The van der Waals surface area contributed by atoms with Gasteiger partial charge in [-0.1, -0.05) is 31.2 Å². The van der Waals surface area contributed by atoms with Crippen LogP contribution < -0.4 is 15.9 Å². The molecule has 8 nitrogen and oxygen atoms in total. The Morgan fingerprint density at radius 1 is 1.25 bits per heavy atom. The molecule has 3 heterocycles. The number of aromatic nitrogens is 4. The van der Waals surface area contributed by atoms with Crippen LogP contribution in [-0.4, -0.2) is 38.2 Å². The third kappa shape index (κ3) is 3.37. The lowest BCUT2D eigenvalue weighted by Gasteiger charge is -2.29. The van der Waals surface area contributed by atoms with E-state index in [1.807, 2.05) is 19.9 Å². The lowest BCUT2D eigenvalue weighted by Crippen LogP contribution is -2.36. The van der Waals surface area contributed by atoms with E-state index in [9.17, 15) is 9.59 Å². The van der Waals surface area contributed by atoms with Crippen LogP contribution in [0.3, 0.4) is 0 Å². The topological polar surface area (TPSA) is 84.5 Å². The monoisotopic (exact) mass is 380 g/mol. The molecule has 28 heavy (non-hydrogen) atoms. The smallest absolute Gasteiger partial charge is 0.353 e. The first-order valence-corrected chi connectivity index (χ1v) is 9.62. The number of carbonyl (C=O) groups is 1. The quantitative estimate of drug-likeness (QED) is 0.721. The summed E-state index contributed by atoms with van der Waals surface area (Å²) in [6, 6.07) is 10.1. The van der Waals surface area contributed by atoms with Crippen molar-refractivity contribution in [3.63, 3.8) is 0 Å². The van der Waals surface area contributed by atoms with Gasteiger partial charge in [0.2, 0.25) is 11.9 Å². The average Bonchev–Trinajstić information content (AvgIpc) is 3.00. The van der Waals surface area contributed by atoms with Crippen LogP contribution in [0.5, 0.6) is 0 Å². The molecule has 1 aliphatic heterocycles. The number of nitrogens with one attached hydrogen (secondary N) is 1. The van der Waals surface area contributed by atoms with Crippen LogP contribution >= 0.6 is 0 Å². The van der Waals surface area contributed by atoms with Crippen molar-refractivity contribution >= 4 is 17.5 Å². The lowest BCUT2D eigenvalue weighted by atomic mass is 10.0. The molecule has 4 rings (SSSR count). The second-order valence-corrected chi connectivity index (χ2v) is 7.12. The summed E-state index contributed by atoms with van der Waals surface area (Å²) in [6.07, 6.45) is 1.74. The van der Waals surface area contributed by atoms with Crippen LogP contribution in [-0.2, 0) is 24.3 Å². The van der Waals surface area contributed by atoms with Crippen molar-refractivity contribution in [2.24, 2.45) is 0 Å². The fourth-order valence-electron chi connectivity index (χ4n) is 3.57. The molecule has 0 spiro atoms. The van der Waals surface area contributed by atoms with Gasteiger partial charge in [0, 0.05) is 31.4 Å². The van der Waals surface area contributed by atoms with Gasteiger partial charge in [-0.05, 0) is 30.9 Å². The molecule has 1 amide bonds. The molecule has 0 fully saturated rings. The third-order valence-electron chi connectivity index (χ3n) is 4.96. The molecule has 2 aromatic heterocycles. The second-order valence-electron chi connectivity index (χ2n) is 7.12. The van der Waals surface area contributed by atoms with Gasteiger partial charge in [-0.3, -0.25) is 4.79 Å². The number of fused-ring (bicyclic) bond motifs is 2. The summed E-state index contributed by atoms with van der Waals surface area (Å²) in [5.41, 5.74) is 3.52. The Hall–Kier alpha value is -3.16. The molecular weight excluding hydrogens is 356 g/mol.